The van der Waals surface area contributed by atoms with Crippen LogP contribution in [0.1, 0.15) is 28.9 Å². The van der Waals surface area contributed by atoms with E-state index in [0.717, 1.165) is 22.5 Å². The van der Waals surface area contributed by atoms with E-state index >= 15 is 0 Å². The number of aryl methyl sites for hydroxylation is 3. The lowest BCUT2D eigenvalue weighted by Gasteiger charge is -2.11. The molecular formula is C19H21ClN6O3. The second-order valence-corrected chi connectivity index (χ2v) is 7.05. The predicted molar refractivity (Wildman–Crippen MR) is 109 cm³/mol. The number of hydrogen-bond donors (Lipinski definition) is 2. The van der Waals surface area contributed by atoms with Crippen LogP contribution in [0, 0.1) is 20.8 Å². The van der Waals surface area contributed by atoms with Crippen LogP contribution >= 0.6 is 11.6 Å². The number of fused-ring (bicyclic) bond motifs is 1. The zero-order chi connectivity index (χ0) is 21.1. The second-order valence-electron chi connectivity index (χ2n) is 6.61. The number of halogens is 1. The van der Waals surface area contributed by atoms with Gasteiger partial charge in [-0.05, 0) is 56.5 Å². The van der Waals surface area contributed by atoms with Gasteiger partial charge in [-0.15, -0.1) is 5.10 Å². The standard InChI is InChI=1S/C19H21ClN6O3/c1-10-8-13(20)4-6-15(10)23-16(27)9-29-17(28)7-5-14-11(2)22-19-24-18(21)25-26(19)12(14)3/h4,6,8H,5,7,9H2,1-3H3,(H2,21,25)(H,23,27). The Hall–Kier alpha value is -3.20. The normalized spacial score (nSPS) is 10.9. The van der Waals surface area contributed by atoms with Crippen LogP contribution in [-0.4, -0.2) is 38.1 Å². The van der Waals surface area contributed by atoms with Gasteiger partial charge in [0.25, 0.3) is 11.7 Å². The van der Waals surface area contributed by atoms with Crippen molar-refractivity contribution in [1.29, 1.82) is 0 Å². The maximum absolute atomic E-state index is 12.1. The van der Waals surface area contributed by atoms with E-state index in [2.05, 4.69) is 20.4 Å². The summed E-state index contributed by atoms with van der Waals surface area (Å²) in [5, 5.41) is 7.37. The molecule has 9 nitrogen and oxygen atoms in total. The summed E-state index contributed by atoms with van der Waals surface area (Å²) < 4.78 is 6.63. The molecule has 0 fully saturated rings. The Balaban J connectivity index is 1.55. The van der Waals surface area contributed by atoms with Gasteiger partial charge in [0.2, 0.25) is 5.95 Å². The highest BCUT2D eigenvalue weighted by molar-refractivity contribution is 6.30. The summed E-state index contributed by atoms with van der Waals surface area (Å²) in [6.45, 7) is 5.15. The summed E-state index contributed by atoms with van der Waals surface area (Å²) in [5.74, 6) is -0.348. The van der Waals surface area contributed by atoms with Gasteiger partial charge in [-0.2, -0.15) is 9.50 Å². The van der Waals surface area contributed by atoms with Gasteiger partial charge in [-0.1, -0.05) is 11.6 Å². The van der Waals surface area contributed by atoms with Crippen LogP contribution in [0.5, 0.6) is 0 Å². The van der Waals surface area contributed by atoms with E-state index < -0.39 is 11.9 Å². The van der Waals surface area contributed by atoms with Gasteiger partial charge in [0, 0.05) is 28.5 Å². The number of ether oxygens (including phenoxy) is 1. The van der Waals surface area contributed by atoms with E-state index in [4.69, 9.17) is 22.1 Å². The van der Waals surface area contributed by atoms with Crippen LogP contribution < -0.4 is 11.1 Å². The highest BCUT2D eigenvalue weighted by atomic mass is 35.5. The highest BCUT2D eigenvalue weighted by Gasteiger charge is 2.15. The third-order valence-corrected chi connectivity index (χ3v) is 4.71. The van der Waals surface area contributed by atoms with E-state index in [-0.39, 0.29) is 19.0 Å². The molecule has 152 valence electrons. The lowest BCUT2D eigenvalue weighted by atomic mass is 10.1. The van der Waals surface area contributed by atoms with E-state index in [1.807, 2.05) is 20.8 Å². The van der Waals surface area contributed by atoms with Gasteiger partial charge < -0.3 is 15.8 Å². The summed E-state index contributed by atoms with van der Waals surface area (Å²) in [6.07, 6.45) is 0.503. The molecule has 0 spiro atoms. The number of nitrogens with zero attached hydrogens (tertiary/aromatic N) is 4. The number of aromatic nitrogens is 4. The largest absolute Gasteiger partial charge is 0.456 e. The number of amides is 1. The average Bonchev–Trinajstić information content (AvgIpc) is 3.02. The van der Waals surface area contributed by atoms with Crippen LogP contribution in [0.3, 0.4) is 0 Å². The molecule has 0 bridgehead atoms. The van der Waals surface area contributed by atoms with Gasteiger partial charge >= 0.3 is 5.97 Å². The van der Waals surface area contributed by atoms with Crippen LogP contribution in [0.4, 0.5) is 11.6 Å². The lowest BCUT2D eigenvalue weighted by Crippen LogP contribution is -2.21. The number of nitrogens with one attached hydrogen (secondary N) is 1. The Bertz CT molecular complexity index is 1100. The number of rotatable bonds is 6. The number of nitrogen functional groups attached to an aromatic ring is 1. The van der Waals surface area contributed by atoms with Gasteiger partial charge in [0.05, 0.1) is 0 Å². The molecule has 2 aromatic heterocycles. The molecule has 0 saturated carbocycles. The molecule has 1 aromatic carbocycles. The molecule has 0 saturated heterocycles. The Morgan fingerprint density at radius 3 is 2.72 bits per heavy atom. The van der Waals surface area contributed by atoms with E-state index in [0.29, 0.717) is 22.9 Å². The van der Waals surface area contributed by atoms with Gasteiger partial charge in [-0.25, -0.2) is 4.98 Å². The minimum absolute atomic E-state index is 0.103. The molecule has 10 heteroatoms. The van der Waals surface area contributed by atoms with Crippen molar-refractivity contribution in [2.75, 3.05) is 17.7 Å². The molecule has 0 atom stereocenters. The molecular weight excluding hydrogens is 396 g/mol. The van der Waals surface area contributed by atoms with Crippen molar-refractivity contribution in [3.63, 3.8) is 0 Å². The second kappa shape index (κ2) is 8.44. The minimum Gasteiger partial charge on any atom is -0.456 e. The van der Waals surface area contributed by atoms with E-state index in [1.54, 1.807) is 22.7 Å². The first-order valence-electron chi connectivity index (χ1n) is 8.94. The molecule has 1 amide bonds. The first kappa shape index (κ1) is 20.5. The zero-order valence-electron chi connectivity index (χ0n) is 16.3. The highest BCUT2D eigenvalue weighted by Crippen LogP contribution is 2.19. The van der Waals surface area contributed by atoms with Crippen molar-refractivity contribution in [2.45, 2.75) is 33.6 Å². The fourth-order valence-corrected chi connectivity index (χ4v) is 3.21. The smallest absolute Gasteiger partial charge is 0.306 e. The molecule has 0 unspecified atom stereocenters. The molecule has 0 aliphatic carbocycles. The molecule has 3 N–H and O–H groups in total. The third kappa shape index (κ3) is 4.80. The fourth-order valence-electron chi connectivity index (χ4n) is 2.98. The molecule has 0 aliphatic heterocycles. The number of esters is 1. The van der Waals surface area contributed by atoms with Crippen LogP contribution in [0.25, 0.3) is 5.78 Å². The summed E-state index contributed by atoms with van der Waals surface area (Å²) in [6, 6.07) is 5.11. The predicted octanol–water partition coefficient (Wildman–Crippen LogP) is 2.40. The summed E-state index contributed by atoms with van der Waals surface area (Å²) in [7, 11) is 0. The van der Waals surface area contributed by atoms with E-state index in [1.165, 1.54) is 0 Å². The Morgan fingerprint density at radius 1 is 1.24 bits per heavy atom. The fraction of sp³-hybridized carbons (Fsp3) is 0.316. The van der Waals surface area contributed by atoms with Crippen LogP contribution in [-0.2, 0) is 20.7 Å². The number of nitrogens with two attached hydrogens (primary N) is 1. The quantitative estimate of drug-likeness (QED) is 0.591. The number of benzene rings is 1. The molecule has 2 heterocycles. The zero-order valence-corrected chi connectivity index (χ0v) is 17.1. The van der Waals surface area contributed by atoms with Crippen molar-refractivity contribution >= 4 is 40.9 Å². The maximum atomic E-state index is 12.1. The van der Waals surface area contributed by atoms with Gasteiger partial charge in [0.15, 0.2) is 6.61 Å². The van der Waals surface area contributed by atoms with Crippen LogP contribution in [0.15, 0.2) is 18.2 Å². The Morgan fingerprint density at radius 2 is 2.00 bits per heavy atom. The topological polar surface area (TPSA) is 124 Å². The molecule has 0 radical (unpaired) electrons. The van der Waals surface area contributed by atoms with Gasteiger partial charge in [0.1, 0.15) is 0 Å². The van der Waals surface area contributed by atoms with Crippen molar-refractivity contribution in [2.24, 2.45) is 0 Å². The molecule has 3 aromatic rings. The first-order valence-corrected chi connectivity index (χ1v) is 9.32. The molecule has 29 heavy (non-hydrogen) atoms. The number of hydrogen-bond acceptors (Lipinski definition) is 7. The SMILES string of the molecule is Cc1cc(Cl)ccc1NC(=O)COC(=O)CCc1c(C)nc2nc(N)nn2c1C. The maximum Gasteiger partial charge on any atom is 0.306 e. The molecule has 3 rings (SSSR count). The average molecular weight is 417 g/mol. The molecule has 0 aliphatic rings. The third-order valence-electron chi connectivity index (χ3n) is 4.47. The van der Waals surface area contributed by atoms with Gasteiger partial charge in [-0.3, -0.25) is 9.59 Å². The number of carbonyl (C=O) groups excluding carboxylic acids is 2. The first-order chi connectivity index (χ1) is 13.7. The van der Waals surface area contributed by atoms with Crippen molar-refractivity contribution in [3.05, 3.63) is 45.7 Å². The van der Waals surface area contributed by atoms with Crippen molar-refractivity contribution in [3.8, 4) is 0 Å². The van der Waals surface area contributed by atoms with E-state index in [9.17, 15) is 9.59 Å². The minimum atomic E-state index is -0.482. The van der Waals surface area contributed by atoms with Crippen molar-refractivity contribution in [1.82, 2.24) is 19.6 Å². The van der Waals surface area contributed by atoms with Crippen molar-refractivity contribution < 1.29 is 14.3 Å². The monoisotopic (exact) mass is 416 g/mol. The number of anilines is 2. The number of carbonyl (C=O) groups is 2. The lowest BCUT2D eigenvalue weighted by molar-refractivity contribution is -0.147. The Kier molecular flexibility index (Phi) is 5.97. The van der Waals surface area contributed by atoms with Crippen LogP contribution in [0.2, 0.25) is 5.02 Å². The summed E-state index contributed by atoms with van der Waals surface area (Å²) in [5.41, 5.74) is 9.47. The summed E-state index contributed by atoms with van der Waals surface area (Å²) >= 11 is 5.90. The Labute approximate surface area is 172 Å². The summed E-state index contributed by atoms with van der Waals surface area (Å²) in [4.78, 5) is 32.5.